The predicted octanol–water partition coefficient (Wildman–Crippen LogP) is 3.68. The molecule has 13 heavy (non-hydrogen) atoms. The summed E-state index contributed by atoms with van der Waals surface area (Å²) in [7, 11) is 0. The van der Waals surface area contributed by atoms with E-state index in [4.69, 9.17) is 0 Å². The Balaban J connectivity index is 2.09. The first-order valence-corrected chi connectivity index (χ1v) is 6.71. The molecule has 0 aromatic heterocycles. The quantitative estimate of drug-likeness (QED) is 0.519. The van der Waals surface area contributed by atoms with E-state index in [1.54, 1.807) is 41.4 Å². The van der Waals surface area contributed by atoms with Crippen molar-refractivity contribution in [2.24, 2.45) is 4.99 Å². The minimum atomic E-state index is 0.732. The summed E-state index contributed by atoms with van der Waals surface area (Å²) in [6, 6.07) is 0. The molecule has 2 rings (SSSR count). The highest BCUT2D eigenvalue weighted by Crippen LogP contribution is 2.53. The Morgan fingerprint density at radius 1 is 1.15 bits per heavy atom. The zero-order chi connectivity index (χ0) is 9.10. The van der Waals surface area contributed by atoms with Crippen molar-refractivity contribution in [1.29, 1.82) is 0 Å². The monoisotopic (exact) mass is 245 g/mol. The predicted molar refractivity (Wildman–Crippen MR) is 62.7 cm³/mol. The molecule has 0 saturated carbocycles. The average molecular weight is 245 g/mol. The van der Waals surface area contributed by atoms with Crippen molar-refractivity contribution < 1.29 is 4.79 Å². The third kappa shape index (κ3) is 2.27. The lowest BCUT2D eigenvalue weighted by Gasteiger charge is -1.98. The second-order valence-electron chi connectivity index (χ2n) is 1.96. The molecule has 0 unspecified atom stereocenters. The van der Waals surface area contributed by atoms with Crippen LogP contribution >= 0.6 is 47.0 Å². The summed E-state index contributed by atoms with van der Waals surface area (Å²) in [5.41, 5.74) is 0. The van der Waals surface area contributed by atoms with Crippen LogP contribution in [0.2, 0.25) is 0 Å². The average Bonchev–Trinajstić information content (AvgIpc) is 2.70. The van der Waals surface area contributed by atoms with E-state index in [9.17, 15) is 4.79 Å². The first kappa shape index (κ1) is 9.55. The minimum Gasteiger partial charge on any atom is -0.211 e. The number of isocyanates is 1. The molecule has 0 amide bonds. The highest BCUT2D eigenvalue weighted by Gasteiger charge is 2.18. The van der Waals surface area contributed by atoms with E-state index in [2.05, 4.69) is 15.8 Å². The van der Waals surface area contributed by atoms with Gasteiger partial charge in [-0.1, -0.05) is 47.0 Å². The summed E-state index contributed by atoms with van der Waals surface area (Å²) >= 11 is 6.55. The molecule has 0 saturated heterocycles. The molecule has 2 aliphatic rings. The molecule has 0 radical (unpaired) electrons. The molecule has 0 N–H and O–H groups in total. The number of nitrogens with zero attached hydrogens (tertiary/aromatic N) is 1. The maximum Gasteiger partial charge on any atom is 0.241 e. The SMILES string of the molecule is O=C=NC1=CSC(=C2SC=CS2)S1. The Morgan fingerprint density at radius 3 is 2.62 bits per heavy atom. The van der Waals surface area contributed by atoms with E-state index in [1.165, 1.54) is 20.2 Å². The number of thioether (sulfide) groups is 4. The summed E-state index contributed by atoms with van der Waals surface area (Å²) in [4.78, 5) is 13.6. The summed E-state index contributed by atoms with van der Waals surface area (Å²) in [6.07, 6.45) is 1.54. The Kier molecular flexibility index (Phi) is 3.29. The molecule has 6 heteroatoms. The van der Waals surface area contributed by atoms with Gasteiger partial charge in [-0.25, -0.2) is 4.79 Å². The van der Waals surface area contributed by atoms with E-state index in [1.807, 2.05) is 5.41 Å². The van der Waals surface area contributed by atoms with Crippen LogP contribution in [0.5, 0.6) is 0 Å². The van der Waals surface area contributed by atoms with Gasteiger partial charge in [-0.2, -0.15) is 4.99 Å². The highest BCUT2D eigenvalue weighted by atomic mass is 32.2. The van der Waals surface area contributed by atoms with Gasteiger partial charge >= 0.3 is 0 Å². The van der Waals surface area contributed by atoms with E-state index in [-0.39, 0.29) is 0 Å². The molecule has 0 aromatic carbocycles. The van der Waals surface area contributed by atoms with Crippen LogP contribution in [0.15, 0.2) is 34.7 Å². The van der Waals surface area contributed by atoms with Gasteiger partial charge in [0.1, 0.15) is 5.03 Å². The fraction of sp³-hybridized carbons (Fsp3) is 0. The van der Waals surface area contributed by atoms with Gasteiger partial charge < -0.3 is 0 Å². The van der Waals surface area contributed by atoms with Gasteiger partial charge in [-0.15, -0.1) is 0 Å². The second kappa shape index (κ2) is 4.48. The third-order valence-electron chi connectivity index (χ3n) is 1.19. The van der Waals surface area contributed by atoms with Crippen LogP contribution in [-0.2, 0) is 4.79 Å². The Morgan fingerprint density at radius 2 is 1.92 bits per heavy atom. The molecule has 0 spiro atoms. The second-order valence-corrected chi connectivity index (χ2v) is 6.22. The number of hydrogen-bond donors (Lipinski definition) is 0. The fourth-order valence-corrected chi connectivity index (χ4v) is 4.93. The van der Waals surface area contributed by atoms with Crippen molar-refractivity contribution in [2.75, 3.05) is 0 Å². The molecule has 2 aliphatic heterocycles. The first-order valence-electron chi connectivity index (χ1n) is 3.25. The highest BCUT2D eigenvalue weighted by molar-refractivity contribution is 8.33. The van der Waals surface area contributed by atoms with Gasteiger partial charge in [0, 0.05) is 5.41 Å². The maximum absolute atomic E-state index is 9.99. The Bertz CT molecular complexity index is 355. The van der Waals surface area contributed by atoms with Gasteiger partial charge in [0.25, 0.3) is 0 Å². The Labute approximate surface area is 92.4 Å². The molecule has 0 bridgehead atoms. The summed E-state index contributed by atoms with van der Waals surface area (Å²) in [5, 5.41) is 6.71. The van der Waals surface area contributed by atoms with Crippen molar-refractivity contribution >= 4 is 53.1 Å². The fourth-order valence-electron chi connectivity index (χ4n) is 0.734. The van der Waals surface area contributed by atoms with Gasteiger partial charge in [0.15, 0.2) is 0 Å². The van der Waals surface area contributed by atoms with Crippen LogP contribution in [0.4, 0.5) is 0 Å². The summed E-state index contributed by atoms with van der Waals surface area (Å²) in [5.74, 6) is 0. The normalized spacial score (nSPS) is 20.5. The molecular weight excluding hydrogens is 242 g/mol. The van der Waals surface area contributed by atoms with Crippen molar-refractivity contribution in [1.82, 2.24) is 0 Å². The molecule has 2 nitrogen and oxygen atoms in total. The smallest absolute Gasteiger partial charge is 0.211 e. The van der Waals surface area contributed by atoms with Gasteiger partial charge in [0.05, 0.1) is 8.47 Å². The van der Waals surface area contributed by atoms with Crippen LogP contribution < -0.4 is 0 Å². The number of rotatable bonds is 1. The van der Waals surface area contributed by atoms with E-state index < -0.39 is 0 Å². The van der Waals surface area contributed by atoms with Gasteiger partial charge in [-0.05, 0) is 10.8 Å². The van der Waals surface area contributed by atoms with Crippen LogP contribution in [-0.4, -0.2) is 6.08 Å². The van der Waals surface area contributed by atoms with E-state index in [0.717, 1.165) is 5.03 Å². The lowest BCUT2D eigenvalue weighted by molar-refractivity contribution is 0.565. The van der Waals surface area contributed by atoms with E-state index in [0.29, 0.717) is 0 Å². The minimum absolute atomic E-state index is 0.732. The van der Waals surface area contributed by atoms with Crippen molar-refractivity contribution in [2.45, 2.75) is 0 Å². The molecule has 0 fully saturated rings. The molecule has 2 heterocycles. The van der Waals surface area contributed by atoms with Crippen molar-refractivity contribution in [3.8, 4) is 0 Å². The van der Waals surface area contributed by atoms with Crippen LogP contribution in [0.1, 0.15) is 0 Å². The van der Waals surface area contributed by atoms with Crippen LogP contribution in [0, 0.1) is 0 Å². The topological polar surface area (TPSA) is 29.4 Å². The van der Waals surface area contributed by atoms with Gasteiger partial charge in [0.2, 0.25) is 6.08 Å². The summed E-state index contributed by atoms with van der Waals surface area (Å²) < 4.78 is 2.47. The molecule has 0 aromatic rings. The largest absolute Gasteiger partial charge is 0.241 e. The van der Waals surface area contributed by atoms with Crippen molar-refractivity contribution in [3.63, 3.8) is 0 Å². The lowest BCUT2D eigenvalue weighted by Crippen LogP contribution is -1.66. The molecular formula is C7H3NOS4. The molecule has 66 valence electrons. The number of aliphatic imine (C=N–C) groups is 1. The number of carbonyl (C=O) groups excluding carboxylic acids is 1. The first-order chi connectivity index (χ1) is 6.40. The summed E-state index contributed by atoms with van der Waals surface area (Å²) in [6.45, 7) is 0. The zero-order valence-corrected chi connectivity index (χ0v) is 9.49. The number of hydrogen-bond acceptors (Lipinski definition) is 6. The zero-order valence-electron chi connectivity index (χ0n) is 6.22. The standard InChI is InChI=1S/C7H3NOS4/c9-4-8-5-3-12-7(13-5)6-10-1-2-11-6/h1-3H. The van der Waals surface area contributed by atoms with Crippen LogP contribution in [0.3, 0.4) is 0 Å². The van der Waals surface area contributed by atoms with Crippen LogP contribution in [0.25, 0.3) is 0 Å². The van der Waals surface area contributed by atoms with Crippen molar-refractivity contribution in [3.05, 3.63) is 29.7 Å². The van der Waals surface area contributed by atoms with E-state index >= 15 is 0 Å². The maximum atomic E-state index is 9.99. The third-order valence-corrected chi connectivity index (χ3v) is 6.09. The lowest BCUT2D eigenvalue weighted by atomic mass is 11.0. The Hall–Kier alpha value is -0.000000000000000222. The molecule has 0 aliphatic carbocycles. The van der Waals surface area contributed by atoms with Gasteiger partial charge in [-0.3, -0.25) is 0 Å². The molecule has 0 atom stereocenters.